The van der Waals surface area contributed by atoms with Crippen LogP contribution >= 0.6 is 0 Å². The Morgan fingerprint density at radius 3 is 1.90 bits per heavy atom. The predicted octanol–water partition coefficient (Wildman–Crippen LogP) is 9.11. The molecule has 3 N–H and O–H groups in total. The highest BCUT2D eigenvalue weighted by Crippen LogP contribution is 2.29. The SMILES string of the molecule is CC/C=C\C/C=C\C/C=C\C/C=C\C/C=C\C/C=C\CCC(=O)NCCCC(NC(=O)c1cc(-c2ccc(F)cc2F)ccc1OC(C)=O)C(=O)O. The Bertz CT molecular complexity index is 1640. The molecule has 0 aromatic heterocycles. The minimum Gasteiger partial charge on any atom is -0.480 e. The highest BCUT2D eigenvalue weighted by atomic mass is 19.1. The minimum atomic E-state index is -1.32. The summed E-state index contributed by atoms with van der Waals surface area (Å²) in [4.78, 5) is 48.9. The van der Waals surface area contributed by atoms with Crippen molar-refractivity contribution in [2.75, 3.05) is 6.54 Å². The number of allylic oxidation sites excluding steroid dienone is 12. The summed E-state index contributed by atoms with van der Waals surface area (Å²) in [6.45, 7) is 3.47. The molecule has 0 fully saturated rings. The quantitative estimate of drug-likeness (QED) is 0.0457. The van der Waals surface area contributed by atoms with E-state index in [0.29, 0.717) is 12.5 Å². The number of benzene rings is 2. The molecule has 8 nitrogen and oxygen atoms in total. The van der Waals surface area contributed by atoms with Gasteiger partial charge in [0.05, 0.1) is 5.56 Å². The number of amides is 2. The maximum Gasteiger partial charge on any atom is 0.326 e. The molecule has 2 rings (SSSR count). The number of carboxylic acid groups (broad SMARTS) is 1. The zero-order valence-corrected chi connectivity index (χ0v) is 30.0. The van der Waals surface area contributed by atoms with E-state index in [0.717, 1.165) is 51.5 Å². The van der Waals surface area contributed by atoms with Gasteiger partial charge in [-0.25, -0.2) is 13.6 Å². The molecule has 0 saturated heterocycles. The number of hydrogen-bond acceptors (Lipinski definition) is 5. The monoisotopic (exact) mass is 716 g/mol. The first-order valence-electron chi connectivity index (χ1n) is 17.6. The Kier molecular flexibility index (Phi) is 21.0. The van der Waals surface area contributed by atoms with Crippen LogP contribution in [0.4, 0.5) is 8.78 Å². The fraction of sp³-hybridized carbons (Fsp3) is 0.333. The Labute approximate surface area is 305 Å². The van der Waals surface area contributed by atoms with Crippen molar-refractivity contribution in [1.82, 2.24) is 10.6 Å². The fourth-order valence-corrected chi connectivity index (χ4v) is 4.81. The predicted molar refractivity (Wildman–Crippen MR) is 202 cm³/mol. The van der Waals surface area contributed by atoms with Crippen molar-refractivity contribution in [1.29, 1.82) is 0 Å². The molecule has 0 aliphatic heterocycles. The largest absolute Gasteiger partial charge is 0.480 e. The van der Waals surface area contributed by atoms with Crippen LogP contribution in [-0.4, -0.2) is 41.4 Å². The van der Waals surface area contributed by atoms with E-state index < -0.39 is 35.5 Å². The second-order valence-corrected chi connectivity index (χ2v) is 11.7. The second kappa shape index (κ2) is 25.6. The summed E-state index contributed by atoms with van der Waals surface area (Å²) in [6.07, 6.45) is 32.1. The molecule has 52 heavy (non-hydrogen) atoms. The normalized spacial score (nSPS) is 12.5. The van der Waals surface area contributed by atoms with Crippen molar-refractivity contribution >= 4 is 23.8 Å². The molecule has 10 heteroatoms. The van der Waals surface area contributed by atoms with Gasteiger partial charge in [-0.2, -0.15) is 0 Å². The van der Waals surface area contributed by atoms with Gasteiger partial charge < -0.3 is 20.5 Å². The maximum atomic E-state index is 14.4. The van der Waals surface area contributed by atoms with E-state index in [1.807, 2.05) is 12.2 Å². The Balaban J connectivity index is 1.71. The minimum absolute atomic E-state index is 0.00355. The van der Waals surface area contributed by atoms with E-state index in [1.165, 1.54) is 24.3 Å². The van der Waals surface area contributed by atoms with Gasteiger partial charge >= 0.3 is 11.9 Å². The number of esters is 1. The van der Waals surface area contributed by atoms with E-state index in [1.54, 1.807) is 0 Å². The van der Waals surface area contributed by atoms with Crippen LogP contribution in [-0.2, 0) is 14.4 Å². The molecule has 0 aliphatic rings. The first-order chi connectivity index (χ1) is 25.1. The van der Waals surface area contributed by atoms with Crippen molar-refractivity contribution in [3.05, 3.63) is 127 Å². The number of nitrogens with one attached hydrogen (secondary N) is 2. The number of aliphatic carboxylic acids is 1. The summed E-state index contributed by atoms with van der Waals surface area (Å²) in [5.74, 6) is -4.86. The van der Waals surface area contributed by atoms with Crippen LogP contribution in [0.15, 0.2) is 109 Å². The molecule has 0 bridgehead atoms. The summed E-state index contributed by atoms with van der Waals surface area (Å²) < 4.78 is 32.9. The van der Waals surface area contributed by atoms with Crippen molar-refractivity contribution in [2.45, 2.75) is 84.1 Å². The number of carboxylic acids is 1. The molecule has 278 valence electrons. The number of rotatable bonds is 23. The molecule has 0 saturated carbocycles. The van der Waals surface area contributed by atoms with E-state index in [2.05, 4.69) is 78.3 Å². The van der Waals surface area contributed by atoms with Crippen molar-refractivity contribution in [2.24, 2.45) is 0 Å². The molecule has 2 amide bonds. The molecule has 0 radical (unpaired) electrons. The van der Waals surface area contributed by atoms with E-state index in [9.17, 15) is 33.1 Å². The summed E-state index contributed by atoms with van der Waals surface area (Å²) in [5, 5.41) is 14.9. The third-order valence-corrected chi connectivity index (χ3v) is 7.45. The molecule has 1 atom stereocenters. The van der Waals surface area contributed by atoms with Gasteiger partial charge in [0, 0.05) is 31.5 Å². The van der Waals surface area contributed by atoms with Crippen molar-refractivity contribution in [3.8, 4) is 16.9 Å². The number of halogens is 2. The van der Waals surface area contributed by atoms with E-state index >= 15 is 0 Å². The molecule has 2 aromatic carbocycles. The van der Waals surface area contributed by atoms with Gasteiger partial charge in [-0.1, -0.05) is 85.9 Å². The number of ether oxygens (including phenoxy) is 1. The maximum absolute atomic E-state index is 14.4. The average molecular weight is 717 g/mol. The Morgan fingerprint density at radius 2 is 1.37 bits per heavy atom. The molecule has 1 unspecified atom stereocenters. The lowest BCUT2D eigenvalue weighted by atomic mass is 10.0. The third-order valence-electron chi connectivity index (χ3n) is 7.45. The number of hydrogen-bond donors (Lipinski definition) is 3. The molecule has 0 aliphatic carbocycles. The van der Waals surface area contributed by atoms with Crippen LogP contribution < -0.4 is 15.4 Å². The first-order valence-corrected chi connectivity index (χ1v) is 17.6. The molecule has 0 spiro atoms. The first kappa shape index (κ1) is 42.8. The van der Waals surface area contributed by atoms with Crippen LogP contribution in [0.1, 0.15) is 88.4 Å². The Morgan fingerprint density at radius 1 is 0.788 bits per heavy atom. The van der Waals surface area contributed by atoms with Gasteiger partial charge in [0.1, 0.15) is 23.4 Å². The summed E-state index contributed by atoms with van der Waals surface area (Å²) in [5.41, 5.74) is -0.0151. The average Bonchev–Trinajstić information content (AvgIpc) is 3.10. The lowest BCUT2D eigenvalue weighted by molar-refractivity contribution is -0.139. The number of carbonyl (C=O) groups excluding carboxylic acids is 3. The highest BCUT2D eigenvalue weighted by Gasteiger charge is 2.24. The summed E-state index contributed by atoms with van der Waals surface area (Å²) in [7, 11) is 0. The van der Waals surface area contributed by atoms with Gasteiger partial charge in [0.15, 0.2) is 0 Å². The van der Waals surface area contributed by atoms with Crippen LogP contribution in [0, 0.1) is 11.6 Å². The van der Waals surface area contributed by atoms with Crippen LogP contribution in [0.5, 0.6) is 5.75 Å². The fourth-order valence-electron chi connectivity index (χ4n) is 4.81. The van der Waals surface area contributed by atoms with Gasteiger partial charge in [0.25, 0.3) is 5.91 Å². The van der Waals surface area contributed by atoms with Gasteiger partial charge in [-0.05, 0) is 87.6 Å². The van der Waals surface area contributed by atoms with E-state index in [-0.39, 0.29) is 54.2 Å². The van der Waals surface area contributed by atoms with E-state index in [4.69, 9.17) is 4.74 Å². The molecular formula is C42H50F2N2O6. The van der Waals surface area contributed by atoms with Gasteiger partial charge in [-0.15, -0.1) is 0 Å². The zero-order valence-electron chi connectivity index (χ0n) is 30.0. The number of carbonyl (C=O) groups is 4. The van der Waals surface area contributed by atoms with Crippen molar-refractivity contribution in [3.63, 3.8) is 0 Å². The smallest absolute Gasteiger partial charge is 0.326 e. The standard InChI is InChI=1S/C42H50F2N2O6/c1-3-4-5-6-7-8-9-10-11-12-13-14-15-16-17-18-19-20-21-24-40(48)45-29-22-23-38(42(50)51)46-41(49)36-30-33(25-28-39(36)52-32(2)47)35-27-26-34(43)31-37(35)44/h4-5,7-8,10-11,13-14,16-17,19-20,25-28,30-31,38H,3,6,9,12,15,18,21-24,29H2,1-2H3,(H,45,48)(H,46,49)(H,50,51)/b5-4-,8-7-,11-10-,14-13-,17-16-,20-19-. The summed E-state index contributed by atoms with van der Waals surface area (Å²) >= 11 is 0. The molecular weight excluding hydrogens is 666 g/mol. The molecule has 0 heterocycles. The lowest BCUT2D eigenvalue weighted by Crippen LogP contribution is -2.41. The lowest BCUT2D eigenvalue weighted by Gasteiger charge is -2.17. The third kappa shape index (κ3) is 18.0. The highest BCUT2D eigenvalue weighted by molar-refractivity contribution is 6.00. The molecule has 2 aromatic rings. The van der Waals surface area contributed by atoms with Crippen LogP contribution in [0.2, 0.25) is 0 Å². The topological polar surface area (TPSA) is 122 Å². The zero-order chi connectivity index (χ0) is 38.0. The Hall–Kier alpha value is -5.38. The second-order valence-electron chi connectivity index (χ2n) is 11.7. The summed E-state index contributed by atoms with van der Waals surface area (Å²) in [6, 6.07) is 5.54. The van der Waals surface area contributed by atoms with Crippen molar-refractivity contribution < 1.29 is 37.8 Å². The van der Waals surface area contributed by atoms with Crippen LogP contribution in [0.25, 0.3) is 11.1 Å². The van der Waals surface area contributed by atoms with Gasteiger partial charge in [-0.3, -0.25) is 14.4 Å². The van der Waals surface area contributed by atoms with Gasteiger partial charge in [0.2, 0.25) is 5.91 Å². The van der Waals surface area contributed by atoms with Crippen LogP contribution in [0.3, 0.4) is 0 Å².